The van der Waals surface area contributed by atoms with Crippen LogP contribution in [0.1, 0.15) is 58.3 Å². The maximum Gasteiger partial charge on any atom is 0.119 e. The molecule has 0 N–H and O–H groups in total. The highest BCUT2D eigenvalue weighted by Gasteiger charge is 2.02. The van der Waals surface area contributed by atoms with Gasteiger partial charge in [0, 0.05) is 17.1 Å². The fourth-order valence-electron chi connectivity index (χ4n) is 3.39. The molecule has 0 aliphatic carbocycles. The number of fused-ring (bicyclic) bond motifs is 1. The van der Waals surface area contributed by atoms with Gasteiger partial charge >= 0.3 is 0 Å². The molecule has 1 heterocycles. The Bertz CT molecular complexity index is 810. The first-order chi connectivity index (χ1) is 13.4. The van der Waals surface area contributed by atoms with Crippen molar-refractivity contribution in [3.63, 3.8) is 0 Å². The van der Waals surface area contributed by atoms with Crippen LogP contribution < -0.4 is 4.74 Å². The fourth-order valence-corrected chi connectivity index (χ4v) is 3.39. The molecule has 1 aromatic heterocycles. The summed E-state index contributed by atoms with van der Waals surface area (Å²) in [6, 6.07) is 18.8. The lowest BCUT2D eigenvalue weighted by molar-refractivity contribution is 0.304. The number of hydrogen-bond donors (Lipinski definition) is 0. The van der Waals surface area contributed by atoms with Gasteiger partial charge in [-0.15, -0.1) is 0 Å². The molecule has 0 radical (unpaired) electrons. The topological polar surface area (TPSA) is 22.1 Å². The van der Waals surface area contributed by atoms with Crippen molar-refractivity contribution in [1.82, 2.24) is 4.98 Å². The SMILES string of the molecule is CCCCCCCCCCOc1ccc(-c2cc3ccccc3cn2)cc1. The van der Waals surface area contributed by atoms with Gasteiger partial charge in [-0.2, -0.15) is 0 Å². The van der Waals surface area contributed by atoms with Crippen molar-refractivity contribution in [1.29, 1.82) is 0 Å². The number of aromatic nitrogens is 1. The highest BCUT2D eigenvalue weighted by Crippen LogP contribution is 2.24. The molecule has 0 fully saturated rings. The van der Waals surface area contributed by atoms with E-state index in [1.165, 1.54) is 55.7 Å². The summed E-state index contributed by atoms with van der Waals surface area (Å²) in [5.74, 6) is 0.947. The number of nitrogens with zero attached hydrogens (tertiary/aromatic N) is 1. The van der Waals surface area contributed by atoms with Crippen molar-refractivity contribution in [3.8, 4) is 17.0 Å². The summed E-state index contributed by atoms with van der Waals surface area (Å²) < 4.78 is 5.89. The van der Waals surface area contributed by atoms with Crippen molar-refractivity contribution < 1.29 is 4.74 Å². The van der Waals surface area contributed by atoms with Crippen molar-refractivity contribution in [3.05, 3.63) is 60.8 Å². The molecule has 0 atom stereocenters. The minimum atomic E-state index is 0.808. The van der Waals surface area contributed by atoms with E-state index in [-0.39, 0.29) is 0 Å². The van der Waals surface area contributed by atoms with Crippen LogP contribution in [0.3, 0.4) is 0 Å². The first kappa shape index (κ1) is 19.4. The molecule has 2 aromatic carbocycles. The Hall–Kier alpha value is -2.35. The molecule has 0 unspecified atom stereocenters. The zero-order valence-electron chi connectivity index (χ0n) is 16.5. The molecule has 0 saturated heterocycles. The van der Waals surface area contributed by atoms with E-state index in [0.717, 1.165) is 30.0 Å². The fraction of sp³-hybridized carbons (Fsp3) is 0.400. The smallest absolute Gasteiger partial charge is 0.119 e. The summed E-state index contributed by atoms with van der Waals surface area (Å²) in [5.41, 5.74) is 2.13. The summed E-state index contributed by atoms with van der Waals surface area (Å²) in [5, 5.41) is 2.39. The van der Waals surface area contributed by atoms with Crippen LogP contribution in [0.5, 0.6) is 5.75 Å². The first-order valence-corrected chi connectivity index (χ1v) is 10.4. The molecular formula is C25H31NO. The van der Waals surface area contributed by atoms with Crippen LogP contribution in [0.2, 0.25) is 0 Å². The van der Waals surface area contributed by atoms with E-state index in [1.54, 1.807) is 0 Å². The zero-order chi connectivity index (χ0) is 18.7. The molecule has 3 rings (SSSR count). The van der Waals surface area contributed by atoms with Gasteiger partial charge in [0.05, 0.1) is 12.3 Å². The molecule has 0 aliphatic rings. The molecule has 142 valence electrons. The van der Waals surface area contributed by atoms with E-state index in [4.69, 9.17) is 4.74 Å². The normalized spacial score (nSPS) is 11.0. The van der Waals surface area contributed by atoms with E-state index in [2.05, 4.69) is 60.4 Å². The van der Waals surface area contributed by atoms with Crippen LogP contribution in [-0.2, 0) is 0 Å². The Balaban J connectivity index is 1.42. The Morgan fingerprint density at radius 3 is 2.15 bits per heavy atom. The first-order valence-electron chi connectivity index (χ1n) is 10.4. The Labute approximate surface area is 163 Å². The van der Waals surface area contributed by atoms with Gasteiger partial charge in [0.15, 0.2) is 0 Å². The largest absolute Gasteiger partial charge is 0.494 e. The van der Waals surface area contributed by atoms with Crippen molar-refractivity contribution >= 4 is 10.8 Å². The predicted molar refractivity (Wildman–Crippen MR) is 115 cm³/mol. The second-order valence-corrected chi connectivity index (χ2v) is 7.26. The average molecular weight is 362 g/mol. The molecule has 0 bridgehead atoms. The summed E-state index contributed by atoms with van der Waals surface area (Å²) in [6.07, 6.45) is 12.5. The second-order valence-electron chi connectivity index (χ2n) is 7.26. The number of benzene rings is 2. The molecule has 0 saturated carbocycles. The van der Waals surface area contributed by atoms with Gasteiger partial charge in [-0.25, -0.2) is 0 Å². The quantitative estimate of drug-likeness (QED) is 0.331. The van der Waals surface area contributed by atoms with Crippen LogP contribution in [0.15, 0.2) is 60.8 Å². The van der Waals surface area contributed by atoms with Gasteiger partial charge in [0.2, 0.25) is 0 Å². The summed E-state index contributed by atoms with van der Waals surface area (Å²) in [6.45, 7) is 3.07. The number of ether oxygens (including phenoxy) is 1. The maximum atomic E-state index is 5.89. The number of rotatable bonds is 11. The van der Waals surface area contributed by atoms with Crippen molar-refractivity contribution in [2.45, 2.75) is 58.3 Å². The summed E-state index contributed by atoms with van der Waals surface area (Å²) in [4.78, 5) is 4.59. The molecule has 2 nitrogen and oxygen atoms in total. The van der Waals surface area contributed by atoms with E-state index in [9.17, 15) is 0 Å². The van der Waals surface area contributed by atoms with Gasteiger partial charge in [0.1, 0.15) is 5.75 Å². The zero-order valence-corrected chi connectivity index (χ0v) is 16.5. The third kappa shape index (κ3) is 6.09. The van der Waals surface area contributed by atoms with E-state index >= 15 is 0 Å². The van der Waals surface area contributed by atoms with E-state index in [1.807, 2.05) is 12.3 Å². The van der Waals surface area contributed by atoms with Crippen molar-refractivity contribution in [2.75, 3.05) is 6.61 Å². The molecule has 0 spiro atoms. The minimum Gasteiger partial charge on any atom is -0.494 e. The molecular weight excluding hydrogens is 330 g/mol. The predicted octanol–water partition coefficient (Wildman–Crippen LogP) is 7.42. The van der Waals surface area contributed by atoms with Crippen LogP contribution in [-0.4, -0.2) is 11.6 Å². The number of unbranched alkanes of at least 4 members (excludes halogenated alkanes) is 7. The lowest BCUT2D eigenvalue weighted by Gasteiger charge is -2.08. The van der Waals surface area contributed by atoms with E-state index < -0.39 is 0 Å². The maximum absolute atomic E-state index is 5.89. The summed E-state index contributed by atoms with van der Waals surface area (Å²) >= 11 is 0. The third-order valence-electron chi connectivity index (χ3n) is 5.05. The molecule has 27 heavy (non-hydrogen) atoms. The standard InChI is InChI=1S/C25H31NO/c1-2-3-4-5-6-7-8-11-18-27-24-16-14-21(15-17-24)25-19-22-12-9-10-13-23(22)20-26-25/h9-10,12-17,19-20H,2-8,11,18H2,1H3. The minimum absolute atomic E-state index is 0.808. The lowest BCUT2D eigenvalue weighted by atomic mass is 10.1. The Morgan fingerprint density at radius 1 is 0.741 bits per heavy atom. The molecule has 2 heteroatoms. The Morgan fingerprint density at radius 2 is 1.41 bits per heavy atom. The van der Waals surface area contributed by atoms with Gasteiger partial charge in [0.25, 0.3) is 0 Å². The number of pyridine rings is 1. The monoisotopic (exact) mass is 361 g/mol. The highest BCUT2D eigenvalue weighted by atomic mass is 16.5. The van der Waals surface area contributed by atoms with Crippen LogP contribution in [0, 0.1) is 0 Å². The van der Waals surface area contributed by atoms with Gasteiger partial charge < -0.3 is 4.74 Å². The molecule has 0 amide bonds. The van der Waals surface area contributed by atoms with Crippen molar-refractivity contribution in [2.24, 2.45) is 0 Å². The molecule has 0 aliphatic heterocycles. The lowest BCUT2D eigenvalue weighted by Crippen LogP contribution is -1.97. The third-order valence-corrected chi connectivity index (χ3v) is 5.05. The van der Waals surface area contributed by atoms with Gasteiger partial charge in [-0.3, -0.25) is 4.98 Å². The summed E-state index contributed by atoms with van der Waals surface area (Å²) in [7, 11) is 0. The highest BCUT2D eigenvalue weighted by molar-refractivity contribution is 5.85. The van der Waals surface area contributed by atoms with Gasteiger partial charge in [-0.1, -0.05) is 76.1 Å². The Kier molecular flexibility index (Phi) is 7.70. The molecule has 3 aromatic rings. The number of hydrogen-bond acceptors (Lipinski definition) is 2. The second kappa shape index (κ2) is 10.7. The van der Waals surface area contributed by atoms with Crippen LogP contribution >= 0.6 is 0 Å². The van der Waals surface area contributed by atoms with Gasteiger partial charge in [-0.05, 0) is 42.1 Å². The van der Waals surface area contributed by atoms with Crippen LogP contribution in [0.4, 0.5) is 0 Å². The average Bonchev–Trinajstić information content (AvgIpc) is 2.73. The van der Waals surface area contributed by atoms with E-state index in [0.29, 0.717) is 0 Å². The van der Waals surface area contributed by atoms with Crippen LogP contribution in [0.25, 0.3) is 22.0 Å².